The van der Waals surface area contributed by atoms with Crippen molar-refractivity contribution in [2.45, 2.75) is 45.1 Å². The molecule has 0 saturated heterocycles. The molecule has 0 unspecified atom stereocenters. The summed E-state index contributed by atoms with van der Waals surface area (Å²) >= 11 is 5.95. The first-order valence-electron chi connectivity index (χ1n) is 13.5. The van der Waals surface area contributed by atoms with Gasteiger partial charge < -0.3 is 15.0 Å². The van der Waals surface area contributed by atoms with Gasteiger partial charge in [-0.25, -0.2) is 4.39 Å². The number of hydrogen-bond acceptors (Lipinski definition) is 6. The summed E-state index contributed by atoms with van der Waals surface area (Å²) in [6.07, 6.45) is 6.95. The third-order valence-corrected chi connectivity index (χ3v) is 7.93. The molecule has 5 rings (SSSR count). The van der Waals surface area contributed by atoms with E-state index in [4.69, 9.17) is 16.3 Å². The number of esters is 1. The second-order valence-corrected chi connectivity index (χ2v) is 10.8. The normalized spacial score (nSPS) is 19.3. The Morgan fingerprint density at radius 1 is 1.15 bits per heavy atom. The molecule has 2 atom stereocenters. The van der Waals surface area contributed by atoms with Gasteiger partial charge in [-0.05, 0) is 60.2 Å². The Kier molecular flexibility index (Phi) is 8.44. The number of fused-ring (bicyclic) bond motifs is 4. The number of amides is 2. The monoisotopic (exact) mass is 576 g/mol. The van der Waals surface area contributed by atoms with E-state index in [0.29, 0.717) is 43.5 Å². The molecule has 2 amide bonds. The van der Waals surface area contributed by atoms with Crippen LogP contribution < -0.4 is 5.32 Å². The highest BCUT2D eigenvalue weighted by molar-refractivity contribution is 6.30. The molecule has 2 aliphatic rings. The van der Waals surface area contributed by atoms with Crippen LogP contribution in [-0.2, 0) is 25.5 Å². The molecular formula is C31H30ClFN4O4. The highest BCUT2D eigenvalue weighted by Gasteiger charge is 2.31. The Hall–Kier alpha value is -4.11. The van der Waals surface area contributed by atoms with Crippen LogP contribution in [-0.4, -0.2) is 46.3 Å². The predicted octanol–water partition coefficient (Wildman–Crippen LogP) is 5.77. The molecular weight excluding hydrogens is 547 g/mol. The van der Waals surface area contributed by atoms with Crippen LogP contribution in [0.25, 0.3) is 16.7 Å². The van der Waals surface area contributed by atoms with Gasteiger partial charge in [-0.3, -0.25) is 24.4 Å². The number of nitrogens with one attached hydrogen (secondary N) is 1. The topological polar surface area (TPSA) is 101 Å². The van der Waals surface area contributed by atoms with Crippen LogP contribution in [0.15, 0.2) is 54.9 Å². The molecule has 0 aliphatic carbocycles. The minimum absolute atomic E-state index is 0.0398. The number of aromatic nitrogens is 2. The molecule has 10 heteroatoms. The van der Waals surface area contributed by atoms with Crippen molar-refractivity contribution in [3.63, 3.8) is 0 Å². The maximum absolute atomic E-state index is 14.6. The number of pyridine rings is 2. The first-order valence-corrected chi connectivity index (χ1v) is 13.9. The first kappa shape index (κ1) is 28.4. The average molecular weight is 577 g/mol. The van der Waals surface area contributed by atoms with Crippen LogP contribution in [0.5, 0.6) is 0 Å². The summed E-state index contributed by atoms with van der Waals surface area (Å²) in [4.78, 5) is 49.0. The summed E-state index contributed by atoms with van der Waals surface area (Å²) < 4.78 is 19.4. The quantitative estimate of drug-likeness (QED) is 0.396. The molecule has 0 radical (unpaired) electrons. The summed E-state index contributed by atoms with van der Waals surface area (Å²) in [6, 6.07) is 10.3. The smallest absolute Gasteiger partial charge is 0.309 e. The number of nitrogens with zero attached hydrogens (tertiary/aromatic N) is 3. The Labute approximate surface area is 242 Å². The van der Waals surface area contributed by atoms with Gasteiger partial charge in [0.2, 0.25) is 11.8 Å². The number of benzene rings is 1. The molecule has 0 spiro atoms. The maximum atomic E-state index is 14.6. The summed E-state index contributed by atoms with van der Waals surface area (Å²) in [6.45, 7) is 2.23. The van der Waals surface area contributed by atoms with Crippen LogP contribution in [0.4, 0.5) is 10.1 Å². The Morgan fingerprint density at radius 3 is 2.73 bits per heavy atom. The SMILES string of the molecule is COC(=O)Cc1ccc2c(c1)NC(=O)[C@H](C)CCC[C@H](N1CCC(c3nccc(Cl)c3F)=CC1=O)c1cc-2ccn1. The highest BCUT2D eigenvalue weighted by Crippen LogP contribution is 2.36. The first-order chi connectivity index (χ1) is 19.7. The minimum Gasteiger partial charge on any atom is -0.469 e. The molecule has 3 aromatic rings. The number of ether oxygens (including phenoxy) is 1. The third-order valence-electron chi connectivity index (χ3n) is 7.64. The van der Waals surface area contributed by atoms with E-state index >= 15 is 0 Å². The number of halogens is 2. The predicted molar refractivity (Wildman–Crippen MR) is 153 cm³/mol. The Bertz CT molecular complexity index is 1540. The molecule has 41 heavy (non-hydrogen) atoms. The van der Waals surface area contributed by atoms with E-state index < -0.39 is 5.82 Å². The lowest BCUT2D eigenvalue weighted by Crippen LogP contribution is -2.38. The fourth-order valence-corrected chi connectivity index (χ4v) is 5.50. The van der Waals surface area contributed by atoms with Gasteiger partial charge in [0.1, 0.15) is 5.69 Å². The van der Waals surface area contributed by atoms with Gasteiger partial charge in [0.05, 0.1) is 30.3 Å². The van der Waals surface area contributed by atoms with E-state index in [1.165, 1.54) is 25.4 Å². The van der Waals surface area contributed by atoms with Gasteiger partial charge in [0.25, 0.3) is 0 Å². The Balaban J connectivity index is 1.51. The van der Waals surface area contributed by atoms with E-state index in [2.05, 4.69) is 15.3 Å². The maximum Gasteiger partial charge on any atom is 0.309 e. The van der Waals surface area contributed by atoms with E-state index in [1.807, 2.05) is 31.2 Å². The molecule has 0 saturated carbocycles. The summed E-state index contributed by atoms with van der Waals surface area (Å²) in [5.74, 6) is -1.66. The summed E-state index contributed by atoms with van der Waals surface area (Å²) in [7, 11) is 1.34. The van der Waals surface area contributed by atoms with Crippen LogP contribution >= 0.6 is 11.6 Å². The van der Waals surface area contributed by atoms with Crippen molar-refractivity contribution in [2.24, 2.45) is 5.92 Å². The van der Waals surface area contributed by atoms with Crippen molar-refractivity contribution in [1.82, 2.24) is 14.9 Å². The summed E-state index contributed by atoms with van der Waals surface area (Å²) in [5, 5.41) is 3.01. The van der Waals surface area contributed by atoms with Crippen LogP contribution in [0.2, 0.25) is 5.02 Å². The van der Waals surface area contributed by atoms with Gasteiger partial charge in [0, 0.05) is 42.2 Å². The molecule has 1 aromatic carbocycles. The van der Waals surface area contributed by atoms with E-state index in [1.54, 1.807) is 17.2 Å². The molecule has 8 nitrogen and oxygen atoms in total. The van der Waals surface area contributed by atoms with E-state index in [9.17, 15) is 18.8 Å². The molecule has 2 aromatic heterocycles. The van der Waals surface area contributed by atoms with Gasteiger partial charge in [-0.2, -0.15) is 0 Å². The van der Waals surface area contributed by atoms with Gasteiger partial charge in [-0.1, -0.05) is 37.1 Å². The van der Waals surface area contributed by atoms with Crippen LogP contribution in [0, 0.1) is 11.7 Å². The number of rotatable bonds is 4. The van der Waals surface area contributed by atoms with Crippen molar-refractivity contribution >= 4 is 40.6 Å². The van der Waals surface area contributed by atoms with Crippen molar-refractivity contribution in [3.05, 3.63) is 82.7 Å². The summed E-state index contributed by atoms with van der Waals surface area (Å²) in [5.41, 5.74) is 4.22. The molecule has 4 heterocycles. The minimum atomic E-state index is -0.636. The zero-order chi connectivity index (χ0) is 29.1. The van der Waals surface area contributed by atoms with Crippen molar-refractivity contribution in [3.8, 4) is 11.1 Å². The zero-order valence-electron chi connectivity index (χ0n) is 22.8. The highest BCUT2D eigenvalue weighted by atomic mass is 35.5. The fourth-order valence-electron chi connectivity index (χ4n) is 5.36. The van der Waals surface area contributed by atoms with Crippen molar-refractivity contribution in [2.75, 3.05) is 19.0 Å². The van der Waals surface area contributed by atoms with Gasteiger partial charge >= 0.3 is 5.97 Å². The van der Waals surface area contributed by atoms with Crippen LogP contribution in [0.3, 0.4) is 0 Å². The zero-order valence-corrected chi connectivity index (χ0v) is 23.6. The largest absolute Gasteiger partial charge is 0.469 e. The second kappa shape index (κ2) is 12.2. The number of anilines is 1. The van der Waals surface area contributed by atoms with E-state index in [0.717, 1.165) is 22.4 Å². The van der Waals surface area contributed by atoms with E-state index in [-0.39, 0.29) is 46.9 Å². The lowest BCUT2D eigenvalue weighted by molar-refractivity contribution is -0.139. The molecule has 212 valence electrons. The molecule has 2 bridgehead atoms. The average Bonchev–Trinajstić information content (AvgIpc) is 2.96. The molecule has 2 aliphatic heterocycles. The number of carbonyl (C=O) groups excluding carboxylic acids is 3. The van der Waals surface area contributed by atoms with Crippen LogP contribution in [0.1, 0.15) is 55.6 Å². The lowest BCUT2D eigenvalue weighted by atomic mass is 9.93. The van der Waals surface area contributed by atoms with Crippen molar-refractivity contribution in [1.29, 1.82) is 0 Å². The molecule has 1 N–H and O–H groups in total. The second-order valence-electron chi connectivity index (χ2n) is 10.3. The number of carbonyl (C=O) groups is 3. The van der Waals surface area contributed by atoms with Gasteiger partial charge in [-0.15, -0.1) is 0 Å². The van der Waals surface area contributed by atoms with Crippen molar-refractivity contribution < 1.29 is 23.5 Å². The lowest BCUT2D eigenvalue weighted by Gasteiger charge is -2.34. The standard InChI is InChI=1S/C31H30ClFN4O4/c1-18-4-3-5-26(37-13-10-21(17-27(37)38)30-29(33)23(32)9-12-35-30)25-16-20(8-11-34-25)22-7-6-19(15-28(39)41-2)14-24(22)36-31(18)40/h6-9,11-12,14,16-18,26H,3-5,10,13,15H2,1-2H3,(H,36,40)/t18-,26+/m1/s1. The number of methoxy groups -OCH3 is 1. The fraction of sp³-hybridized carbons (Fsp3) is 0.323. The van der Waals surface area contributed by atoms with Gasteiger partial charge in [0.15, 0.2) is 5.82 Å². The third kappa shape index (κ3) is 6.15. The Morgan fingerprint density at radius 2 is 1.95 bits per heavy atom. The molecule has 0 fully saturated rings. The number of hydrogen-bond donors (Lipinski definition) is 1.